The van der Waals surface area contributed by atoms with E-state index in [9.17, 15) is 0 Å². The Balaban J connectivity index is 1.74. The molecule has 0 N–H and O–H groups in total. The molecule has 0 unspecified atom stereocenters. The minimum atomic E-state index is 0.980. The molecule has 1 aliphatic heterocycles. The topological polar surface area (TPSA) is 16.1 Å². The number of anilines is 1. The van der Waals surface area contributed by atoms with Crippen LogP contribution in [0.2, 0.25) is 0 Å². The van der Waals surface area contributed by atoms with Crippen LogP contribution in [0.15, 0.2) is 60.3 Å². The first-order valence-electron chi connectivity index (χ1n) is 8.22. The van der Waals surface area contributed by atoms with Crippen molar-refractivity contribution < 1.29 is 0 Å². The monoisotopic (exact) mass is 312 g/mol. The van der Waals surface area contributed by atoms with E-state index < -0.39 is 0 Å². The third kappa shape index (κ3) is 2.61. The zero-order chi connectivity index (χ0) is 16.7. The number of nitrogens with zero attached hydrogens (tertiary/aromatic N) is 2. The van der Waals surface area contributed by atoms with E-state index in [0.29, 0.717) is 0 Å². The summed E-state index contributed by atoms with van der Waals surface area (Å²) < 4.78 is 0. The van der Waals surface area contributed by atoms with Crippen LogP contribution in [-0.2, 0) is 0 Å². The van der Waals surface area contributed by atoms with E-state index in [1.165, 1.54) is 27.8 Å². The van der Waals surface area contributed by atoms with Crippen LogP contribution in [0.4, 0.5) is 5.69 Å². The van der Waals surface area contributed by atoms with E-state index in [-0.39, 0.29) is 0 Å². The van der Waals surface area contributed by atoms with E-state index in [0.717, 1.165) is 16.9 Å². The lowest BCUT2D eigenvalue weighted by Crippen LogP contribution is -2.18. The van der Waals surface area contributed by atoms with Gasteiger partial charge in [0.1, 0.15) is 0 Å². The number of rotatable bonds is 1. The van der Waals surface area contributed by atoms with Gasteiger partial charge >= 0.3 is 0 Å². The second-order valence-corrected chi connectivity index (χ2v) is 6.46. The van der Waals surface area contributed by atoms with Gasteiger partial charge in [0.05, 0.1) is 11.2 Å². The van der Waals surface area contributed by atoms with Gasteiger partial charge in [-0.15, -0.1) is 0 Å². The number of allylic oxidation sites excluding steroid dienone is 1. The lowest BCUT2D eigenvalue weighted by molar-refractivity contribution is 1.13. The van der Waals surface area contributed by atoms with Gasteiger partial charge in [-0.2, -0.15) is 0 Å². The molecule has 0 saturated carbocycles. The van der Waals surface area contributed by atoms with Gasteiger partial charge in [0.15, 0.2) is 0 Å². The van der Waals surface area contributed by atoms with Crippen LogP contribution in [0, 0.1) is 13.8 Å². The molecule has 0 aliphatic carbocycles. The summed E-state index contributed by atoms with van der Waals surface area (Å²) in [5.74, 6) is 0. The number of fused-ring (bicyclic) bond motifs is 2. The third-order valence-electron chi connectivity index (χ3n) is 4.53. The minimum absolute atomic E-state index is 0.980. The van der Waals surface area contributed by atoms with Gasteiger partial charge in [0.25, 0.3) is 0 Å². The summed E-state index contributed by atoms with van der Waals surface area (Å²) in [6.45, 7) is 4.23. The maximum atomic E-state index is 4.78. The molecule has 2 heteroatoms. The highest BCUT2D eigenvalue weighted by molar-refractivity contribution is 5.82. The summed E-state index contributed by atoms with van der Waals surface area (Å²) >= 11 is 0. The van der Waals surface area contributed by atoms with Crippen LogP contribution in [0.1, 0.15) is 22.4 Å². The first kappa shape index (κ1) is 14.7. The normalized spacial score (nSPS) is 15.1. The van der Waals surface area contributed by atoms with E-state index >= 15 is 0 Å². The molecule has 4 rings (SSSR count). The average Bonchev–Trinajstić information content (AvgIpc) is 2.57. The van der Waals surface area contributed by atoms with Gasteiger partial charge in [-0.3, -0.25) is 0 Å². The molecule has 0 fully saturated rings. The second kappa shape index (κ2) is 5.64. The Morgan fingerprint density at radius 1 is 0.875 bits per heavy atom. The number of aryl methyl sites for hydroxylation is 2. The second-order valence-electron chi connectivity index (χ2n) is 6.46. The summed E-state index contributed by atoms with van der Waals surface area (Å²) in [6, 6.07) is 17.1. The lowest BCUT2D eigenvalue weighted by Gasteiger charge is -2.26. The molecule has 0 atom stereocenters. The largest absolute Gasteiger partial charge is 0.344 e. The smallest absolute Gasteiger partial charge is 0.0709 e. The van der Waals surface area contributed by atoms with Gasteiger partial charge < -0.3 is 4.90 Å². The minimum Gasteiger partial charge on any atom is -0.344 e. The summed E-state index contributed by atoms with van der Waals surface area (Å²) in [5.41, 5.74) is 8.19. The van der Waals surface area contributed by atoms with Crippen molar-refractivity contribution in [2.24, 2.45) is 0 Å². The van der Waals surface area contributed by atoms with Crippen molar-refractivity contribution in [3.8, 4) is 0 Å². The molecule has 1 aromatic heterocycles. The van der Waals surface area contributed by atoms with Crippen LogP contribution < -0.4 is 4.90 Å². The van der Waals surface area contributed by atoms with E-state index in [1.807, 2.05) is 0 Å². The maximum Gasteiger partial charge on any atom is 0.0709 e. The summed E-state index contributed by atoms with van der Waals surface area (Å²) in [6.07, 6.45) is 6.47. The summed E-state index contributed by atoms with van der Waals surface area (Å²) in [7, 11) is 2.11. The molecule has 0 spiro atoms. The number of hydrogen-bond acceptors (Lipinski definition) is 2. The maximum absolute atomic E-state index is 4.78. The van der Waals surface area contributed by atoms with Crippen LogP contribution in [0.25, 0.3) is 23.1 Å². The molecular weight excluding hydrogens is 292 g/mol. The Labute approximate surface area is 142 Å². The van der Waals surface area contributed by atoms with Crippen molar-refractivity contribution in [2.75, 3.05) is 11.9 Å². The first-order chi connectivity index (χ1) is 11.6. The predicted octanol–water partition coefficient (Wildman–Crippen LogP) is 5.36. The predicted molar refractivity (Wildman–Crippen MR) is 103 cm³/mol. The number of benzene rings is 2. The molecule has 2 nitrogen and oxygen atoms in total. The molecule has 2 aromatic carbocycles. The van der Waals surface area contributed by atoms with Crippen LogP contribution in [0.5, 0.6) is 0 Å². The fraction of sp³-hybridized carbons (Fsp3) is 0.136. The zero-order valence-corrected chi connectivity index (χ0v) is 14.2. The average molecular weight is 312 g/mol. The van der Waals surface area contributed by atoms with Crippen molar-refractivity contribution in [2.45, 2.75) is 13.8 Å². The molecule has 118 valence electrons. The molecule has 0 saturated heterocycles. The first-order valence-corrected chi connectivity index (χ1v) is 8.22. The van der Waals surface area contributed by atoms with Crippen molar-refractivity contribution in [3.05, 3.63) is 82.7 Å². The Morgan fingerprint density at radius 2 is 1.67 bits per heavy atom. The van der Waals surface area contributed by atoms with E-state index in [4.69, 9.17) is 4.98 Å². The fourth-order valence-corrected chi connectivity index (χ4v) is 3.18. The van der Waals surface area contributed by atoms with Crippen molar-refractivity contribution in [1.82, 2.24) is 4.98 Å². The molecule has 0 bridgehead atoms. The van der Waals surface area contributed by atoms with Gasteiger partial charge in [0.2, 0.25) is 0 Å². The zero-order valence-electron chi connectivity index (χ0n) is 14.2. The Hall–Kier alpha value is -2.87. The van der Waals surface area contributed by atoms with Crippen LogP contribution in [0.3, 0.4) is 0 Å². The number of pyridine rings is 1. The molecule has 0 radical (unpaired) electrons. The van der Waals surface area contributed by atoms with Crippen molar-refractivity contribution in [1.29, 1.82) is 0 Å². The Kier molecular flexibility index (Phi) is 3.46. The SMILES string of the molecule is Cc1ccc2c(c1)C=C/C(=C\c1ccc3cc(C)ccc3n1)N2C. The molecule has 0 amide bonds. The molecular formula is C22H20N2. The highest BCUT2D eigenvalue weighted by Crippen LogP contribution is 2.31. The summed E-state index contributed by atoms with van der Waals surface area (Å²) in [5, 5.41) is 1.19. The van der Waals surface area contributed by atoms with Crippen molar-refractivity contribution >= 4 is 28.7 Å². The lowest BCUT2D eigenvalue weighted by atomic mass is 10.0. The molecule has 1 aliphatic rings. The number of aromatic nitrogens is 1. The number of hydrogen-bond donors (Lipinski definition) is 0. The van der Waals surface area contributed by atoms with Gasteiger partial charge in [-0.1, -0.05) is 35.4 Å². The third-order valence-corrected chi connectivity index (χ3v) is 4.53. The van der Waals surface area contributed by atoms with Crippen molar-refractivity contribution in [3.63, 3.8) is 0 Å². The molecule has 24 heavy (non-hydrogen) atoms. The van der Waals surface area contributed by atoms with Crippen LogP contribution >= 0.6 is 0 Å². The van der Waals surface area contributed by atoms with Gasteiger partial charge in [-0.25, -0.2) is 4.98 Å². The van der Waals surface area contributed by atoms with E-state index in [2.05, 4.69) is 92.6 Å². The highest BCUT2D eigenvalue weighted by atomic mass is 15.1. The quantitative estimate of drug-likeness (QED) is 0.601. The standard InChI is InChI=1S/C22H20N2/c1-15-4-10-21-17(12-15)6-8-19(23-21)14-20-9-7-18-13-16(2)5-11-22(18)24(20)3/h4-14H,1-3H3/b20-14+. The fourth-order valence-electron chi connectivity index (χ4n) is 3.18. The Morgan fingerprint density at radius 3 is 2.54 bits per heavy atom. The number of likely N-dealkylation sites (N-methyl/N-ethyl adjacent to an activating group) is 1. The summed E-state index contributed by atoms with van der Waals surface area (Å²) in [4.78, 5) is 7.00. The van der Waals surface area contributed by atoms with E-state index in [1.54, 1.807) is 0 Å². The molecule has 2 heterocycles. The Bertz CT molecular complexity index is 996. The van der Waals surface area contributed by atoms with Crippen LogP contribution in [-0.4, -0.2) is 12.0 Å². The van der Waals surface area contributed by atoms with Gasteiger partial charge in [-0.05, 0) is 61.9 Å². The molecule has 3 aromatic rings. The van der Waals surface area contributed by atoms with Gasteiger partial charge in [0, 0.05) is 23.8 Å². The highest BCUT2D eigenvalue weighted by Gasteiger charge is 2.13.